The smallest absolute Gasteiger partial charge is 0.336 e. The van der Waals surface area contributed by atoms with E-state index in [-0.39, 0.29) is 5.56 Å². The van der Waals surface area contributed by atoms with Crippen LogP contribution in [-0.2, 0) is 0 Å². The van der Waals surface area contributed by atoms with Crippen LogP contribution >= 0.6 is 0 Å². The molecule has 3 rings (SSSR count). The standard InChI is InChI=1S/C17H16O4/c1-20-13-7-8-15(16(10-13)17(18)19)11-3-2-4-14(9-11)21-12-5-6-12/h2-4,7-10,12H,5-6H2,1H3,(H,18,19). The maximum Gasteiger partial charge on any atom is 0.336 e. The molecule has 0 radical (unpaired) electrons. The fourth-order valence-corrected chi connectivity index (χ4v) is 2.19. The molecule has 1 aliphatic rings. The van der Waals surface area contributed by atoms with E-state index in [0.717, 1.165) is 24.2 Å². The molecular weight excluding hydrogens is 268 g/mol. The summed E-state index contributed by atoms with van der Waals surface area (Å²) in [5, 5.41) is 9.38. The molecule has 2 aromatic rings. The Balaban J connectivity index is 2.00. The van der Waals surface area contributed by atoms with Gasteiger partial charge in [0.15, 0.2) is 0 Å². The highest BCUT2D eigenvalue weighted by molar-refractivity contribution is 5.96. The van der Waals surface area contributed by atoms with Gasteiger partial charge < -0.3 is 14.6 Å². The van der Waals surface area contributed by atoms with E-state index >= 15 is 0 Å². The molecular formula is C17H16O4. The number of hydrogen-bond donors (Lipinski definition) is 1. The predicted octanol–water partition coefficient (Wildman–Crippen LogP) is 3.60. The summed E-state index contributed by atoms with van der Waals surface area (Å²) in [4.78, 5) is 11.4. The molecule has 0 aromatic heterocycles. The average molecular weight is 284 g/mol. The Labute approximate surface area is 122 Å². The van der Waals surface area contributed by atoms with Gasteiger partial charge >= 0.3 is 5.97 Å². The van der Waals surface area contributed by atoms with Gasteiger partial charge in [-0.05, 0) is 54.3 Å². The van der Waals surface area contributed by atoms with Crippen molar-refractivity contribution < 1.29 is 19.4 Å². The second-order valence-electron chi connectivity index (χ2n) is 5.06. The molecule has 0 aliphatic heterocycles. The molecule has 0 atom stereocenters. The number of aromatic carboxylic acids is 1. The van der Waals surface area contributed by atoms with Gasteiger partial charge in [0.2, 0.25) is 0 Å². The third-order valence-electron chi connectivity index (χ3n) is 3.43. The first-order valence-corrected chi connectivity index (χ1v) is 6.86. The normalized spacial score (nSPS) is 13.8. The maximum absolute atomic E-state index is 11.4. The minimum atomic E-state index is -0.975. The molecule has 1 aliphatic carbocycles. The van der Waals surface area contributed by atoms with Crippen LogP contribution in [0.1, 0.15) is 23.2 Å². The van der Waals surface area contributed by atoms with Gasteiger partial charge in [0, 0.05) is 0 Å². The molecule has 4 heteroatoms. The molecule has 2 aromatic carbocycles. The first kappa shape index (κ1) is 13.5. The van der Waals surface area contributed by atoms with Crippen molar-refractivity contribution >= 4 is 5.97 Å². The number of methoxy groups -OCH3 is 1. The van der Waals surface area contributed by atoms with E-state index in [9.17, 15) is 9.90 Å². The Morgan fingerprint density at radius 1 is 1.14 bits per heavy atom. The van der Waals surface area contributed by atoms with Crippen molar-refractivity contribution in [2.45, 2.75) is 18.9 Å². The molecule has 0 spiro atoms. The molecule has 0 unspecified atom stereocenters. The van der Waals surface area contributed by atoms with Crippen LogP contribution in [-0.4, -0.2) is 24.3 Å². The number of hydrogen-bond acceptors (Lipinski definition) is 3. The number of rotatable bonds is 5. The number of benzene rings is 2. The lowest BCUT2D eigenvalue weighted by molar-refractivity contribution is 0.0697. The van der Waals surface area contributed by atoms with Gasteiger partial charge in [-0.15, -0.1) is 0 Å². The molecule has 1 saturated carbocycles. The Morgan fingerprint density at radius 3 is 2.62 bits per heavy atom. The summed E-state index contributed by atoms with van der Waals surface area (Å²) in [5.74, 6) is 0.334. The van der Waals surface area contributed by atoms with Crippen LogP contribution in [0.15, 0.2) is 42.5 Å². The van der Waals surface area contributed by atoms with Gasteiger partial charge in [0.1, 0.15) is 11.5 Å². The van der Waals surface area contributed by atoms with E-state index < -0.39 is 5.97 Å². The first-order valence-electron chi connectivity index (χ1n) is 6.86. The van der Waals surface area contributed by atoms with Crippen molar-refractivity contribution in [1.29, 1.82) is 0 Å². The van der Waals surface area contributed by atoms with Crippen molar-refractivity contribution in [1.82, 2.24) is 0 Å². The van der Waals surface area contributed by atoms with Crippen LogP contribution in [0.25, 0.3) is 11.1 Å². The predicted molar refractivity (Wildman–Crippen MR) is 79.0 cm³/mol. The zero-order valence-corrected chi connectivity index (χ0v) is 11.7. The number of ether oxygens (including phenoxy) is 2. The molecule has 0 bridgehead atoms. The zero-order valence-electron chi connectivity index (χ0n) is 11.7. The summed E-state index contributed by atoms with van der Waals surface area (Å²) in [6.07, 6.45) is 2.50. The summed E-state index contributed by atoms with van der Waals surface area (Å²) in [6.45, 7) is 0. The van der Waals surface area contributed by atoms with Crippen LogP contribution in [0.5, 0.6) is 11.5 Å². The van der Waals surface area contributed by atoms with Crippen molar-refractivity contribution in [2.24, 2.45) is 0 Å². The quantitative estimate of drug-likeness (QED) is 0.911. The number of carbonyl (C=O) groups is 1. The Bertz CT molecular complexity index is 674. The van der Waals surface area contributed by atoms with Crippen LogP contribution < -0.4 is 9.47 Å². The lowest BCUT2D eigenvalue weighted by Crippen LogP contribution is -2.01. The van der Waals surface area contributed by atoms with E-state index in [0.29, 0.717) is 17.4 Å². The molecule has 0 saturated heterocycles. The third kappa shape index (κ3) is 2.99. The fourth-order valence-electron chi connectivity index (χ4n) is 2.19. The van der Waals surface area contributed by atoms with Crippen molar-refractivity contribution in [3.63, 3.8) is 0 Å². The van der Waals surface area contributed by atoms with E-state index in [2.05, 4.69) is 0 Å². The fraction of sp³-hybridized carbons (Fsp3) is 0.235. The monoisotopic (exact) mass is 284 g/mol. The lowest BCUT2D eigenvalue weighted by atomic mass is 9.99. The minimum absolute atomic E-state index is 0.220. The van der Waals surface area contributed by atoms with Crippen molar-refractivity contribution in [2.75, 3.05) is 7.11 Å². The van der Waals surface area contributed by atoms with Gasteiger partial charge in [0.25, 0.3) is 0 Å². The van der Waals surface area contributed by atoms with Crippen LogP contribution in [0.3, 0.4) is 0 Å². The van der Waals surface area contributed by atoms with Gasteiger partial charge in [-0.2, -0.15) is 0 Å². The molecule has 0 heterocycles. The van der Waals surface area contributed by atoms with E-state index in [1.54, 1.807) is 12.1 Å². The summed E-state index contributed by atoms with van der Waals surface area (Å²) in [6, 6.07) is 12.6. The Hall–Kier alpha value is -2.49. The highest BCUT2D eigenvalue weighted by Gasteiger charge is 2.23. The second-order valence-corrected chi connectivity index (χ2v) is 5.06. The van der Waals surface area contributed by atoms with Crippen LogP contribution in [0.2, 0.25) is 0 Å². The van der Waals surface area contributed by atoms with Gasteiger partial charge in [0.05, 0.1) is 18.8 Å². The minimum Gasteiger partial charge on any atom is -0.497 e. The first-order chi connectivity index (χ1) is 10.2. The largest absolute Gasteiger partial charge is 0.497 e. The average Bonchev–Trinajstić information content (AvgIpc) is 3.30. The van der Waals surface area contributed by atoms with Crippen molar-refractivity contribution in [3.8, 4) is 22.6 Å². The van der Waals surface area contributed by atoms with Gasteiger partial charge in [-0.3, -0.25) is 0 Å². The highest BCUT2D eigenvalue weighted by atomic mass is 16.5. The second kappa shape index (κ2) is 5.48. The summed E-state index contributed by atoms with van der Waals surface area (Å²) in [5.41, 5.74) is 1.70. The van der Waals surface area contributed by atoms with Gasteiger partial charge in [-0.25, -0.2) is 4.79 Å². The molecule has 1 fully saturated rings. The van der Waals surface area contributed by atoms with Crippen molar-refractivity contribution in [3.05, 3.63) is 48.0 Å². The molecule has 0 amide bonds. The summed E-state index contributed by atoms with van der Waals surface area (Å²) < 4.78 is 10.9. The number of carboxylic acids is 1. The Morgan fingerprint density at radius 2 is 1.95 bits per heavy atom. The molecule has 4 nitrogen and oxygen atoms in total. The topological polar surface area (TPSA) is 55.8 Å². The van der Waals surface area contributed by atoms with E-state index in [1.165, 1.54) is 13.2 Å². The van der Waals surface area contributed by atoms with Crippen LogP contribution in [0.4, 0.5) is 0 Å². The highest BCUT2D eigenvalue weighted by Crippen LogP contribution is 2.32. The lowest BCUT2D eigenvalue weighted by Gasteiger charge is -2.10. The zero-order chi connectivity index (χ0) is 14.8. The molecule has 1 N–H and O–H groups in total. The van der Waals surface area contributed by atoms with Crippen LogP contribution in [0, 0.1) is 0 Å². The molecule has 21 heavy (non-hydrogen) atoms. The Kier molecular flexibility index (Phi) is 3.52. The van der Waals surface area contributed by atoms with E-state index in [4.69, 9.17) is 9.47 Å². The molecule has 108 valence electrons. The summed E-state index contributed by atoms with van der Waals surface area (Å²) in [7, 11) is 1.52. The van der Waals surface area contributed by atoms with E-state index in [1.807, 2.05) is 24.3 Å². The SMILES string of the molecule is COc1ccc(-c2cccc(OC3CC3)c2)c(C(=O)O)c1. The summed E-state index contributed by atoms with van der Waals surface area (Å²) >= 11 is 0. The third-order valence-corrected chi connectivity index (χ3v) is 3.43. The number of carboxylic acid groups (broad SMARTS) is 1. The maximum atomic E-state index is 11.4. The van der Waals surface area contributed by atoms with Gasteiger partial charge in [-0.1, -0.05) is 12.1 Å².